The van der Waals surface area contributed by atoms with Gasteiger partial charge in [-0.15, -0.1) is 0 Å². The SMILES string of the molecule is COC(=O)C1=C(Nc2cccc(N3N=C(C)CC3=O)c2)C(=O)N(CCO)C1. The van der Waals surface area contributed by atoms with Crippen molar-refractivity contribution in [1.29, 1.82) is 0 Å². The minimum atomic E-state index is -0.614. The minimum absolute atomic E-state index is 0.0577. The van der Waals surface area contributed by atoms with Gasteiger partial charge in [0.15, 0.2) is 0 Å². The lowest BCUT2D eigenvalue weighted by atomic mass is 10.2. The number of hydrogen-bond donors (Lipinski definition) is 2. The van der Waals surface area contributed by atoms with Gasteiger partial charge in [-0.2, -0.15) is 5.10 Å². The normalized spacial score (nSPS) is 16.9. The largest absolute Gasteiger partial charge is 0.466 e. The molecule has 0 bridgehead atoms. The van der Waals surface area contributed by atoms with E-state index in [-0.39, 0.29) is 43.3 Å². The van der Waals surface area contributed by atoms with Crippen LogP contribution in [0.15, 0.2) is 40.6 Å². The lowest BCUT2D eigenvalue weighted by Gasteiger charge is -2.16. The molecule has 0 unspecified atom stereocenters. The number of esters is 1. The highest BCUT2D eigenvalue weighted by Gasteiger charge is 2.34. The summed E-state index contributed by atoms with van der Waals surface area (Å²) in [4.78, 5) is 38.0. The molecule has 2 heterocycles. The van der Waals surface area contributed by atoms with Gasteiger partial charge in [-0.25, -0.2) is 9.80 Å². The van der Waals surface area contributed by atoms with Crippen molar-refractivity contribution in [2.75, 3.05) is 37.1 Å². The first-order chi connectivity index (χ1) is 12.9. The van der Waals surface area contributed by atoms with Crippen molar-refractivity contribution in [2.24, 2.45) is 5.10 Å². The Hall–Kier alpha value is -3.20. The van der Waals surface area contributed by atoms with Gasteiger partial charge < -0.3 is 20.1 Å². The fraction of sp³-hybridized carbons (Fsp3) is 0.333. The first kappa shape index (κ1) is 18.6. The van der Waals surface area contributed by atoms with Crippen molar-refractivity contribution in [2.45, 2.75) is 13.3 Å². The molecule has 2 N–H and O–H groups in total. The number of hydrazone groups is 1. The first-order valence-corrected chi connectivity index (χ1v) is 8.40. The van der Waals surface area contributed by atoms with Crippen molar-refractivity contribution in [3.05, 3.63) is 35.5 Å². The lowest BCUT2D eigenvalue weighted by molar-refractivity contribution is -0.136. The van der Waals surface area contributed by atoms with Gasteiger partial charge in [0, 0.05) is 17.9 Å². The highest BCUT2D eigenvalue weighted by molar-refractivity contribution is 6.12. The molecule has 2 aliphatic heterocycles. The van der Waals surface area contributed by atoms with Crippen molar-refractivity contribution < 1.29 is 24.2 Å². The van der Waals surface area contributed by atoms with Crippen molar-refractivity contribution in [3.63, 3.8) is 0 Å². The molecule has 2 aliphatic rings. The predicted octanol–water partition coefficient (Wildman–Crippen LogP) is 0.473. The molecular formula is C18H20N4O5. The number of methoxy groups -OCH3 is 1. The Morgan fingerprint density at radius 2 is 2.15 bits per heavy atom. The number of amides is 2. The van der Waals surface area contributed by atoms with Crippen LogP contribution in [0.2, 0.25) is 0 Å². The second-order valence-corrected chi connectivity index (χ2v) is 6.19. The monoisotopic (exact) mass is 372 g/mol. The second kappa shape index (κ2) is 7.58. The fourth-order valence-electron chi connectivity index (χ4n) is 2.97. The van der Waals surface area contributed by atoms with Gasteiger partial charge in [0.2, 0.25) is 0 Å². The number of rotatable bonds is 6. The number of ether oxygens (including phenoxy) is 1. The second-order valence-electron chi connectivity index (χ2n) is 6.19. The number of carbonyl (C=O) groups excluding carboxylic acids is 3. The molecule has 2 amide bonds. The maximum atomic E-state index is 12.6. The number of aliphatic hydroxyl groups excluding tert-OH is 1. The molecule has 1 aromatic rings. The molecular weight excluding hydrogens is 352 g/mol. The number of carbonyl (C=O) groups is 3. The molecule has 3 rings (SSSR count). The number of anilines is 2. The van der Waals surface area contributed by atoms with Gasteiger partial charge in [0.25, 0.3) is 11.8 Å². The summed E-state index contributed by atoms with van der Waals surface area (Å²) in [6.07, 6.45) is 0.268. The van der Waals surface area contributed by atoms with Crippen LogP contribution < -0.4 is 10.3 Å². The van der Waals surface area contributed by atoms with E-state index in [1.165, 1.54) is 17.0 Å². The Balaban J connectivity index is 1.88. The van der Waals surface area contributed by atoms with Gasteiger partial charge >= 0.3 is 5.97 Å². The Labute approximate surface area is 155 Å². The Kier molecular flexibility index (Phi) is 5.22. The quantitative estimate of drug-likeness (QED) is 0.703. The smallest absolute Gasteiger partial charge is 0.337 e. The number of nitrogens with zero attached hydrogens (tertiary/aromatic N) is 3. The Bertz CT molecular complexity index is 861. The third-order valence-corrected chi connectivity index (χ3v) is 4.23. The van der Waals surface area contributed by atoms with E-state index in [4.69, 9.17) is 9.84 Å². The zero-order valence-corrected chi connectivity index (χ0v) is 15.1. The van der Waals surface area contributed by atoms with Crippen molar-refractivity contribution >= 4 is 34.9 Å². The van der Waals surface area contributed by atoms with Crippen LogP contribution in [0.4, 0.5) is 11.4 Å². The summed E-state index contributed by atoms with van der Waals surface area (Å²) in [5.41, 5.74) is 2.09. The molecule has 0 saturated heterocycles. The summed E-state index contributed by atoms with van der Waals surface area (Å²) in [6.45, 7) is 1.74. The minimum Gasteiger partial charge on any atom is -0.466 e. The maximum absolute atomic E-state index is 12.6. The van der Waals surface area contributed by atoms with E-state index in [0.29, 0.717) is 11.4 Å². The standard InChI is InChI=1S/C18H20N4O5/c1-11-8-15(24)22(20-11)13-5-3-4-12(9-13)19-16-14(18(26)27-2)10-21(6-7-23)17(16)25/h3-5,9,19,23H,6-8,10H2,1-2H3. The number of aliphatic hydroxyl groups is 1. The van der Waals surface area contributed by atoms with Gasteiger partial charge in [-0.1, -0.05) is 6.07 Å². The molecule has 9 heteroatoms. The summed E-state index contributed by atoms with van der Waals surface area (Å²) in [5, 5.41) is 17.6. The highest BCUT2D eigenvalue weighted by atomic mass is 16.5. The van der Waals surface area contributed by atoms with Gasteiger partial charge in [-0.05, 0) is 25.1 Å². The summed E-state index contributed by atoms with van der Waals surface area (Å²) in [5.74, 6) is -1.15. The summed E-state index contributed by atoms with van der Waals surface area (Å²) in [6, 6.07) is 6.83. The van der Waals surface area contributed by atoms with E-state index < -0.39 is 11.9 Å². The van der Waals surface area contributed by atoms with Crippen LogP contribution in [0, 0.1) is 0 Å². The molecule has 0 radical (unpaired) electrons. The topological polar surface area (TPSA) is 112 Å². The van der Waals surface area contributed by atoms with E-state index in [0.717, 1.165) is 5.71 Å². The lowest BCUT2D eigenvalue weighted by Crippen LogP contribution is -2.31. The van der Waals surface area contributed by atoms with Crippen LogP contribution in [0.25, 0.3) is 0 Å². The van der Waals surface area contributed by atoms with E-state index in [1.807, 2.05) is 0 Å². The molecule has 0 aromatic heterocycles. The van der Waals surface area contributed by atoms with E-state index >= 15 is 0 Å². The van der Waals surface area contributed by atoms with Crippen molar-refractivity contribution in [3.8, 4) is 0 Å². The zero-order valence-electron chi connectivity index (χ0n) is 15.1. The van der Waals surface area contributed by atoms with E-state index in [2.05, 4.69) is 10.4 Å². The molecule has 27 heavy (non-hydrogen) atoms. The van der Waals surface area contributed by atoms with Crippen LogP contribution in [-0.4, -0.2) is 60.3 Å². The number of benzene rings is 1. The maximum Gasteiger partial charge on any atom is 0.337 e. The molecule has 0 saturated carbocycles. The number of β-amino-alcohol motifs (C(OH)–C–C–N with tert-alkyl or cyclic N) is 1. The molecule has 0 spiro atoms. The van der Waals surface area contributed by atoms with Crippen LogP contribution in [0.5, 0.6) is 0 Å². The predicted molar refractivity (Wildman–Crippen MR) is 98.0 cm³/mol. The van der Waals surface area contributed by atoms with Gasteiger partial charge in [-0.3, -0.25) is 9.59 Å². The highest BCUT2D eigenvalue weighted by Crippen LogP contribution is 2.27. The number of hydrogen-bond acceptors (Lipinski definition) is 7. The van der Waals surface area contributed by atoms with E-state index in [9.17, 15) is 14.4 Å². The Morgan fingerprint density at radius 1 is 1.37 bits per heavy atom. The van der Waals surface area contributed by atoms with Crippen LogP contribution in [0.1, 0.15) is 13.3 Å². The summed E-state index contributed by atoms with van der Waals surface area (Å²) in [7, 11) is 1.24. The Morgan fingerprint density at radius 3 is 2.78 bits per heavy atom. The third-order valence-electron chi connectivity index (χ3n) is 4.23. The van der Waals surface area contributed by atoms with Gasteiger partial charge in [0.05, 0.1) is 37.9 Å². The summed E-state index contributed by atoms with van der Waals surface area (Å²) >= 11 is 0. The number of nitrogens with one attached hydrogen (secondary N) is 1. The molecule has 0 aliphatic carbocycles. The summed E-state index contributed by atoms with van der Waals surface area (Å²) < 4.78 is 4.76. The molecule has 0 fully saturated rings. The molecule has 9 nitrogen and oxygen atoms in total. The zero-order chi connectivity index (χ0) is 19.6. The van der Waals surface area contributed by atoms with Crippen molar-refractivity contribution in [1.82, 2.24) is 4.90 Å². The third kappa shape index (κ3) is 3.68. The van der Waals surface area contributed by atoms with E-state index in [1.54, 1.807) is 31.2 Å². The molecule has 0 atom stereocenters. The average molecular weight is 372 g/mol. The van der Waals surface area contributed by atoms with Crippen LogP contribution >= 0.6 is 0 Å². The van der Waals surface area contributed by atoms with Crippen LogP contribution in [-0.2, 0) is 19.1 Å². The van der Waals surface area contributed by atoms with Crippen LogP contribution in [0.3, 0.4) is 0 Å². The first-order valence-electron chi connectivity index (χ1n) is 8.40. The molecule has 1 aromatic carbocycles. The molecule has 142 valence electrons. The van der Waals surface area contributed by atoms with Gasteiger partial charge in [0.1, 0.15) is 5.70 Å². The average Bonchev–Trinajstić information content (AvgIpc) is 3.15. The fourth-order valence-corrected chi connectivity index (χ4v) is 2.97.